The van der Waals surface area contributed by atoms with Crippen LogP contribution in [-0.4, -0.2) is 28.7 Å². The van der Waals surface area contributed by atoms with Crippen LogP contribution in [0.3, 0.4) is 0 Å². The van der Waals surface area contributed by atoms with Gasteiger partial charge in [-0.15, -0.1) is 34.0 Å². The average Bonchev–Trinajstić information content (AvgIpc) is 1.61. The van der Waals surface area contributed by atoms with E-state index in [2.05, 4.69) is 420 Å². The highest BCUT2D eigenvalue weighted by Gasteiger charge is 2.35. The van der Waals surface area contributed by atoms with Crippen molar-refractivity contribution in [2.24, 2.45) is 21.1 Å². The molecule has 19 aromatic rings. The predicted octanol–water partition coefficient (Wildman–Crippen LogP) is 27.2. The number of nitrogens with zero attached hydrogens (tertiary/aromatic N) is 9. The Balaban J connectivity index is 0.000000127. The Morgan fingerprint density at radius 3 is 1.03 bits per heavy atom. The highest BCUT2D eigenvalue weighted by molar-refractivity contribution is 7.22. The molecule has 0 aliphatic heterocycles. The largest absolute Gasteiger partial charge is 0.295 e. The molecule has 586 valence electrons. The normalized spacial score (nSPS) is 11.8. The highest BCUT2D eigenvalue weighted by atomic mass is 32.1. The maximum absolute atomic E-state index is 5.21. The Labute approximate surface area is 705 Å². The lowest BCUT2D eigenvalue weighted by Crippen LogP contribution is -2.30. The Hall–Kier alpha value is -12.1. The molecule has 0 radical (unpaired) electrons. The molecule has 0 spiro atoms. The first-order valence-electron chi connectivity index (χ1n) is 41.1. The summed E-state index contributed by atoms with van der Waals surface area (Å²) in [4.78, 5) is 15.5. The molecule has 0 atom stereocenters. The first-order chi connectivity index (χ1) is 56.8. The topological polar surface area (TPSA) is 65.1 Å². The van der Waals surface area contributed by atoms with E-state index in [4.69, 9.17) is 15.0 Å². The summed E-state index contributed by atoms with van der Waals surface area (Å²) in [6, 6.07) is 94.6. The van der Waals surface area contributed by atoms with Gasteiger partial charge in [-0.1, -0.05) is 218 Å². The van der Waals surface area contributed by atoms with E-state index < -0.39 is 0 Å². The summed E-state index contributed by atoms with van der Waals surface area (Å²) in [7, 11) is 6.55. The Morgan fingerprint density at radius 1 is 0.314 bits per heavy atom. The number of aryl methyl sites for hydroxylation is 12. The minimum atomic E-state index is 0.115. The second-order valence-corrected chi connectivity index (χ2v) is 36.7. The smallest absolute Gasteiger partial charge is 0.236 e. The molecule has 0 fully saturated rings. The van der Waals surface area contributed by atoms with Crippen molar-refractivity contribution >= 4 is 97.8 Å². The molecule has 0 bridgehead atoms. The van der Waals surface area contributed by atoms with Gasteiger partial charge in [0.1, 0.15) is 32.1 Å². The summed E-state index contributed by atoms with van der Waals surface area (Å²) in [5.41, 5.74) is 39.3. The zero-order valence-electron chi connectivity index (χ0n) is 71.2. The van der Waals surface area contributed by atoms with Crippen LogP contribution in [0.15, 0.2) is 261 Å². The maximum atomic E-state index is 5.21. The molecule has 0 aliphatic rings. The van der Waals surface area contributed by atoms with Crippen molar-refractivity contribution in [2.75, 3.05) is 0 Å². The van der Waals surface area contributed by atoms with Crippen molar-refractivity contribution in [3.63, 3.8) is 0 Å². The van der Waals surface area contributed by atoms with E-state index in [1.165, 1.54) is 176 Å². The molecular weight excluding hydrogens is 1500 g/mol. The van der Waals surface area contributed by atoms with E-state index in [1.807, 2.05) is 0 Å². The zero-order chi connectivity index (χ0) is 82.4. The van der Waals surface area contributed by atoms with Gasteiger partial charge in [0, 0.05) is 33.4 Å². The molecule has 12 heteroatoms. The number of hydrogen-bond acceptors (Lipinski definition) is 6. The molecule has 0 unspecified atom stereocenters. The summed E-state index contributed by atoms with van der Waals surface area (Å²) in [5, 5.41) is 3.27. The van der Waals surface area contributed by atoms with Gasteiger partial charge in [-0.05, 0) is 232 Å². The van der Waals surface area contributed by atoms with E-state index >= 15 is 0 Å². The third-order valence-electron chi connectivity index (χ3n) is 23.8. The first-order valence-corrected chi connectivity index (χ1v) is 43.6. The van der Waals surface area contributed by atoms with E-state index in [0.29, 0.717) is 11.8 Å². The standard InChI is InChI=1S/C36H30N3S.C36H38N3S.C34H34N3S/c1-23-13-12-14-24(2)34(23)35-37-29-22-28(25(3)21-33(29)40-35)36-38(4)31-19-10-11-20-32(31)39(36)30-18-9-8-17-27(30)26-15-6-5-7-16-26;1-21(2)26-15-12-16-27(22(3)4)34(26)39-31-18-10-9-17-30(31)38(8)36(39)28-20-29-32(19-25(28)7)40-35(37-29)33-23(5)13-11-14-24(33)6;1-21-11-10-12-22(2)31(21)32-35-27-20-26(23(3)19-30(27)38-32)33-36(7)28-13-8-9-14-29(28)37(33)25-17-15-24(16-18-25)34(4,5)6/h5-22H,1-4H3;9-22H,1-8H3;8-20H,1-7H3/q3*+1. The van der Waals surface area contributed by atoms with Crippen molar-refractivity contribution in [3.8, 4) is 94.1 Å². The number of para-hydroxylation sites is 8. The lowest BCUT2D eigenvalue weighted by molar-refractivity contribution is -0.634. The molecule has 13 aromatic carbocycles. The summed E-state index contributed by atoms with van der Waals surface area (Å²) < 4.78 is 18.0. The van der Waals surface area contributed by atoms with E-state index in [0.717, 1.165) is 48.9 Å². The molecule has 118 heavy (non-hydrogen) atoms. The van der Waals surface area contributed by atoms with E-state index in [9.17, 15) is 0 Å². The van der Waals surface area contributed by atoms with Crippen molar-refractivity contribution < 1.29 is 13.7 Å². The SMILES string of the molecule is Cc1cc2sc(-c3c(C)cccc3C)nc2cc1-c1n(-c2c(C(C)C)cccc2C(C)C)c2ccccc2[n+]1C.Cc1cc2sc(-c3c(C)cccc3C)nc2cc1-c1n(-c2ccc(C(C)(C)C)cc2)c2ccccc2[n+]1C.Cc1cc2sc(-c3c(C)cccc3C)nc2cc1-c1n(-c2ccccc2-c2ccccc2)c2ccccc2[n+]1C. The molecule has 0 N–H and O–H groups in total. The number of fused-ring (bicyclic) bond motifs is 6. The third kappa shape index (κ3) is 14.1. The van der Waals surface area contributed by atoms with Crippen molar-refractivity contribution in [3.05, 3.63) is 328 Å². The number of thiazole rings is 3. The van der Waals surface area contributed by atoms with Gasteiger partial charge in [0.2, 0.25) is 0 Å². The van der Waals surface area contributed by atoms with Crippen molar-refractivity contribution in [2.45, 2.75) is 128 Å². The number of benzene rings is 13. The van der Waals surface area contributed by atoms with Crippen molar-refractivity contribution in [1.82, 2.24) is 28.7 Å². The molecule has 0 amide bonds. The van der Waals surface area contributed by atoms with E-state index in [-0.39, 0.29) is 5.41 Å². The second-order valence-electron chi connectivity index (χ2n) is 33.7. The van der Waals surface area contributed by atoms with E-state index in [1.54, 1.807) is 34.0 Å². The number of aromatic nitrogens is 9. The Morgan fingerprint density at radius 2 is 0.644 bits per heavy atom. The highest BCUT2D eigenvalue weighted by Crippen LogP contribution is 2.45. The lowest BCUT2D eigenvalue weighted by Gasteiger charge is -2.18. The van der Waals surface area contributed by atoms with Crippen LogP contribution in [0.25, 0.3) is 158 Å². The summed E-state index contributed by atoms with van der Waals surface area (Å²) in [6.45, 7) is 35.7. The van der Waals surface area contributed by atoms with Crippen LogP contribution < -0.4 is 13.7 Å². The van der Waals surface area contributed by atoms with Crippen molar-refractivity contribution in [1.29, 1.82) is 0 Å². The van der Waals surface area contributed by atoms with Crippen LogP contribution in [0.5, 0.6) is 0 Å². The van der Waals surface area contributed by atoms with Crippen LogP contribution in [0.2, 0.25) is 0 Å². The molecular formula is C106H102N9S3+3. The van der Waals surface area contributed by atoms with Gasteiger partial charge in [-0.3, -0.25) is 0 Å². The summed E-state index contributed by atoms with van der Waals surface area (Å²) in [6.07, 6.45) is 0. The van der Waals surface area contributed by atoms with Crippen LogP contribution in [-0.2, 0) is 26.6 Å². The van der Waals surface area contributed by atoms with Crippen LogP contribution in [0, 0.1) is 62.3 Å². The minimum Gasteiger partial charge on any atom is -0.236 e. The first kappa shape index (κ1) is 78.5. The molecule has 0 aliphatic carbocycles. The van der Waals surface area contributed by atoms with Gasteiger partial charge < -0.3 is 0 Å². The fraction of sp³-hybridized carbons (Fsp3) is 0.208. The zero-order valence-corrected chi connectivity index (χ0v) is 73.7. The maximum Gasteiger partial charge on any atom is 0.295 e. The predicted molar refractivity (Wildman–Crippen MR) is 500 cm³/mol. The van der Waals surface area contributed by atoms with Crippen LogP contribution >= 0.6 is 34.0 Å². The minimum absolute atomic E-state index is 0.115. The average molecular weight is 1600 g/mol. The lowest BCUT2D eigenvalue weighted by atomic mass is 9.87. The summed E-state index contributed by atoms with van der Waals surface area (Å²) >= 11 is 5.36. The summed E-state index contributed by atoms with van der Waals surface area (Å²) in [5.74, 6) is 4.30. The van der Waals surface area contributed by atoms with Crippen LogP contribution in [0.1, 0.15) is 127 Å². The fourth-order valence-electron chi connectivity index (χ4n) is 17.7. The molecule has 9 nitrogen and oxygen atoms in total. The Bertz CT molecular complexity index is 7040. The third-order valence-corrected chi connectivity index (χ3v) is 26.9. The second kappa shape index (κ2) is 31.4. The van der Waals surface area contributed by atoms with Crippen LogP contribution in [0.4, 0.5) is 0 Å². The number of hydrogen-bond donors (Lipinski definition) is 0. The van der Waals surface area contributed by atoms with Gasteiger partial charge in [-0.2, -0.15) is 13.7 Å². The monoisotopic (exact) mass is 1600 g/mol. The molecule has 0 saturated carbocycles. The molecule has 6 aromatic heterocycles. The van der Waals surface area contributed by atoms with Gasteiger partial charge in [0.15, 0.2) is 33.1 Å². The van der Waals surface area contributed by atoms with Gasteiger partial charge >= 0.3 is 0 Å². The number of imidazole rings is 3. The quantitative estimate of drug-likeness (QED) is 0.115. The molecule has 0 saturated heterocycles. The van der Waals surface area contributed by atoms with Gasteiger partial charge in [0.05, 0.1) is 68.5 Å². The number of rotatable bonds is 12. The molecule has 6 heterocycles. The molecule has 19 rings (SSSR count). The van der Waals surface area contributed by atoms with Gasteiger partial charge in [0.25, 0.3) is 17.5 Å². The fourth-order valence-corrected chi connectivity index (χ4v) is 21.4. The Kier molecular flexibility index (Phi) is 20.9. The van der Waals surface area contributed by atoms with Gasteiger partial charge in [-0.25, -0.2) is 28.7 Å².